The number of carbonyl (C=O) groups is 1. The molecule has 3 heterocycles. The van der Waals surface area contributed by atoms with Crippen molar-refractivity contribution in [2.75, 3.05) is 0 Å². The molecule has 0 amide bonds. The lowest BCUT2D eigenvalue weighted by Gasteiger charge is -2.03. The first-order chi connectivity index (χ1) is 13.2. The van der Waals surface area contributed by atoms with Crippen molar-refractivity contribution in [3.05, 3.63) is 75.4 Å². The Bertz CT molecular complexity index is 1120. The average Bonchev–Trinajstić information content (AvgIpc) is 3.43. The van der Waals surface area contributed by atoms with Crippen molar-refractivity contribution in [1.82, 2.24) is 14.9 Å². The molecule has 1 aromatic carbocycles. The number of furan rings is 1. The highest BCUT2D eigenvalue weighted by Crippen LogP contribution is 2.18. The van der Waals surface area contributed by atoms with E-state index in [2.05, 4.69) is 15.3 Å². The third-order valence-electron chi connectivity index (χ3n) is 3.53. The summed E-state index contributed by atoms with van der Waals surface area (Å²) in [5.41, 5.74) is 0.805. The summed E-state index contributed by atoms with van der Waals surface area (Å²) < 4.78 is 12.5. The Kier molecular flexibility index (Phi) is 4.77. The van der Waals surface area contributed by atoms with Gasteiger partial charge < -0.3 is 9.15 Å². The van der Waals surface area contributed by atoms with Gasteiger partial charge in [0.2, 0.25) is 10.6 Å². The highest BCUT2D eigenvalue weighted by Gasteiger charge is 2.11. The highest BCUT2D eigenvalue weighted by molar-refractivity contribution is 7.71. The minimum absolute atomic E-state index is 0.346. The first kappa shape index (κ1) is 17.1. The summed E-state index contributed by atoms with van der Waals surface area (Å²) in [5, 5.41) is 13.0. The van der Waals surface area contributed by atoms with Crippen LogP contribution >= 0.6 is 23.6 Å². The van der Waals surface area contributed by atoms with Crippen LogP contribution in [0.1, 0.15) is 15.2 Å². The number of hydrogen-bond donors (Lipinski definition) is 1. The molecule has 0 aliphatic carbocycles. The molecule has 0 fully saturated rings. The zero-order valence-corrected chi connectivity index (χ0v) is 15.4. The normalized spacial score (nSPS) is 11.1. The summed E-state index contributed by atoms with van der Waals surface area (Å²) in [6.07, 6.45) is 3.18. The summed E-state index contributed by atoms with van der Waals surface area (Å²) in [5.74, 6) is 1.11. The molecule has 0 aliphatic heterocycles. The molecule has 0 unspecified atom stereocenters. The number of aromatic nitrogens is 3. The fourth-order valence-electron chi connectivity index (χ4n) is 2.26. The molecule has 0 spiro atoms. The van der Waals surface area contributed by atoms with Gasteiger partial charge in [0.05, 0.1) is 12.5 Å². The molecule has 27 heavy (non-hydrogen) atoms. The molecule has 0 saturated heterocycles. The van der Waals surface area contributed by atoms with Gasteiger partial charge in [-0.2, -0.15) is 9.78 Å². The van der Waals surface area contributed by atoms with Crippen LogP contribution in [0.5, 0.6) is 5.75 Å². The predicted molar refractivity (Wildman–Crippen MR) is 104 cm³/mol. The van der Waals surface area contributed by atoms with E-state index >= 15 is 0 Å². The number of ether oxygens (including phenoxy) is 1. The molecule has 0 bridgehead atoms. The number of aromatic amines is 1. The molecule has 9 heteroatoms. The Morgan fingerprint density at radius 3 is 2.81 bits per heavy atom. The summed E-state index contributed by atoms with van der Waals surface area (Å²) in [6.45, 7) is 0. The van der Waals surface area contributed by atoms with Crippen molar-refractivity contribution in [2.24, 2.45) is 5.10 Å². The van der Waals surface area contributed by atoms with Crippen molar-refractivity contribution in [3.8, 4) is 17.3 Å². The van der Waals surface area contributed by atoms with Crippen molar-refractivity contribution in [3.63, 3.8) is 0 Å². The zero-order valence-electron chi connectivity index (χ0n) is 13.7. The lowest BCUT2D eigenvalue weighted by Crippen LogP contribution is -2.06. The van der Waals surface area contributed by atoms with Gasteiger partial charge in [-0.15, -0.1) is 16.4 Å². The monoisotopic (exact) mass is 396 g/mol. The zero-order chi connectivity index (χ0) is 18.6. The number of benzene rings is 1. The van der Waals surface area contributed by atoms with E-state index < -0.39 is 0 Å². The predicted octanol–water partition coefficient (Wildman–Crippen LogP) is 4.36. The fourth-order valence-corrected chi connectivity index (χ4v) is 3.04. The molecular formula is C18H12N4O3S2. The van der Waals surface area contributed by atoms with Crippen LogP contribution in [0.2, 0.25) is 0 Å². The van der Waals surface area contributed by atoms with Crippen LogP contribution in [0.15, 0.2) is 69.7 Å². The molecule has 0 saturated carbocycles. The summed E-state index contributed by atoms with van der Waals surface area (Å²) >= 11 is 6.54. The van der Waals surface area contributed by atoms with Gasteiger partial charge in [0.15, 0.2) is 5.76 Å². The minimum atomic E-state index is -0.376. The Hall–Kier alpha value is -3.30. The second-order valence-corrected chi connectivity index (χ2v) is 6.66. The van der Waals surface area contributed by atoms with Gasteiger partial charge in [-0.1, -0.05) is 6.07 Å². The number of nitrogens with zero attached hydrogens (tertiary/aromatic N) is 3. The molecule has 0 aliphatic rings. The summed E-state index contributed by atoms with van der Waals surface area (Å²) in [6, 6.07) is 14.0. The van der Waals surface area contributed by atoms with Crippen LogP contribution in [0.3, 0.4) is 0 Å². The van der Waals surface area contributed by atoms with Gasteiger partial charge in [0.1, 0.15) is 10.6 Å². The molecule has 4 aromatic rings. The van der Waals surface area contributed by atoms with E-state index in [9.17, 15) is 4.79 Å². The Labute approximate surface area is 162 Å². The Balaban J connectivity index is 1.50. The van der Waals surface area contributed by atoms with E-state index in [-0.39, 0.29) is 5.97 Å². The van der Waals surface area contributed by atoms with Crippen LogP contribution in [0, 0.1) is 4.77 Å². The maximum Gasteiger partial charge on any atom is 0.353 e. The van der Waals surface area contributed by atoms with Crippen LogP contribution in [-0.4, -0.2) is 27.1 Å². The highest BCUT2D eigenvalue weighted by atomic mass is 32.1. The molecule has 0 radical (unpaired) electrons. The minimum Gasteiger partial charge on any atom is -0.461 e. The number of thiophene rings is 1. The van der Waals surface area contributed by atoms with E-state index in [0.717, 1.165) is 5.56 Å². The average molecular weight is 396 g/mol. The molecule has 7 nitrogen and oxygen atoms in total. The Morgan fingerprint density at radius 2 is 2.11 bits per heavy atom. The van der Waals surface area contributed by atoms with Crippen LogP contribution < -0.4 is 4.74 Å². The number of rotatable bonds is 5. The van der Waals surface area contributed by atoms with Gasteiger partial charge in [-0.05, 0) is 65.6 Å². The van der Waals surface area contributed by atoms with Crippen molar-refractivity contribution < 1.29 is 13.9 Å². The maximum atomic E-state index is 12.0. The van der Waals surface area contributed by atoms with Gasteiger partial charge in [-0.25, -0.2) is 9.89 Å². The second-order valence-electron chi connectivity index (χ2n) is 5.32. The van der Waals surface area contributed by atoms with E-state index in [1.54, 1.807) is 61.0 Å². The number of esters is 1. The number of hydrogen-bond acceptors (Lipinski definition) is 7. The van der Waals surface area contributed by atoms with E-state index in [1.165, 1.54) is 16.0 Å². The van der Waals surface area contributed by atoms with Crippen LogP contribution in [0.4, 0.5) is 0 Å². The maximum absolute atomic E-state index is 12.0. The van der Waals surface area contributed by atoms with Crippen molar-refractivity contribution in [1.29, 1.82) is 0 Å². The molecular weight excluding hydrogens is 384 g/mol. The Morgan fingerprint density at radius 1 is 1.26 bits per heavy atom. The quantitative estimate of drug-likeness (QED) is 0.234. The lowest BCUT2D eigenvalue weighted by atomic mass is 10.2. The topological polar surface area (TPSA) is 85.4 Å². The van der Waals surface area contributed by atoms with Crippen molar-refractivity contribution in [2.45, 2.75) is 0 Å². The van der Waals surface area contributed by atoms with E-state index in [1.807, 2.05) is 5.38 Å². The lowest BCUT2D eigenvalue weighted by molar-refractivity contribution is 0.0740. The van der Waals surface area contributed by atoms with E-state index in [0.29, 0.717) is 27.0 Å². The van der Waals surface area contributed by atoms with Crippen LogP contribution in [-0.2, 0) is 0 Å². The second kappa shape index (κ2) is 7.52. The van der Waals surface area contributed by atoms with Gasteiger partial charge in [0, 0.05) is 0 Å². The largest absolute Gasteiger partial charge is 0.461 e. The third-order valence-corrected chi connectivity index (χ3v) is 4.64. The molecule has 1 N–H and O–H groups in total. The number of nitrogens with one attached hydrogen (secondary N) is 1. The SMILES string of the molecule is O=C(Oc1ccc(/C=N\n2c(-c3ccco3)n[nH]c2=S)cc1)c1cccs1. The summed E-state index contributed by atoms with van der Waals surface area (Å²) in [7, 11) is 0. The van der Waals surface area contributed by atoms with Crippen molar-refractivity contribution >= 4 is 35.7 Å². The smallest absolute Gasteiger partial charge is 0.353 e. The number of carbonyl (C=O) groups excluding carboxylic acids is 1. The summed E-state index contributed by atoms with van der Waals surface area (Å²) in [4.78, 5) is 12.5. The molecule has 4 rings (SSSR count). The van der Waals surface area contributed by atoms with Crippen LogP contribution in [0.25, 0.3) is 11.6 Å². The van der Waals surface area contributed by atoms with Gasteiger partial charge in [0.25, 0.3) is 0 Å². The molecule has 134 valence electrons. The number of H-pyrrole nitrogens is 1. The third kappa shape index (κ3) is 3.78. The first-order valence-electron chi connectivity index (χ1n) is 7.82. The van der Waals surface area contributed by atoms with E-state index in [4.69, 9.17) is 21.4 Å². The standard InChI is InChI=1S/C18H12N4O3S2/c23-17(15-4-2-10-27-15)25-13-7-5-12(6-8-13)11-19-22-16(20-21-18(22)26)14-3-1-9-24-14/h1-11H,(H,21,26)/b19-11-. The first-order valence-corrected chi connectivity index (χ1v) is 9.11. The van der Waals surface area contributed by atoms with Gasteiger partial charge >= 0.3 is 5.97 Å². The molecule has 3 aromatic heterocycles. The molecule has 0 atom stereocenters. The fraction of sp³-hybridized carbons (Fsp3) is 0. The van der Waals surface area contributed by atoms with Gasteiger partial charge in [-0.3, -0.25) is 0 Å².